The Bertz CT molecular complexity index is 1580. The van der Waals surface area contributed by atoms with Gasteiger partial charge in [0.25, 0.3) is 11.8 Å². The van der Waals surface area contributed by atoms with E-state index in [0.29, 0.717) is 30.6 Å². The van der Waals surface area contributed by atoms with Gasteiger partial charge in [-0.05, 0) is 49.8 Å². The number of nitrogen functional groups attached to an aromatic ring is 1. The SMILES string of the molecule is Nc1nn2cc(F)cnc2c1C(=O)NC1CNC2(CCCCCCC2)CC1c1ccc(C(=O)N2CCN3CCC2CC3)cc1F. The van der Waals surface area contributed by atoms with Crippen LogP contribution in [0.15, 0.2) is 30.6 Å². The highest BCUT2D eigenvalue weighted by Gasteiger charge is 2.43. The highest BCUT2D eigenvalue weighted by Crippen LogP contribution is 2.41. The molecule has 4 aliphatic heterocycles. The third-order valence-corrected chi connectivity index (χ3v) is 10.7. The lowest BCUT2D eigenvalue weighted by Gasteiger charge is -2.47. The smallest absolute Gasteiger partial charge is 0.259 e. The van der Waals surface area contributed by atoms with Gasteiger partial charge in [-0.3, -0.25) is 9.59 Å². The first kappa shape index (κ1) is 30.0. The van der Waals surface area contributed by atoms with E-state index in [0.717, 1.165) is 75.1 Å². The fraction of sp³-hybridized carbons (Fsp3) is 0.576. The molecule has 1 saturated carbocycles. The van der Waals surface area contributed by atoms with Crippen molar-refractivity contribution < 1.29 is 18.4 Å². The number of nitrogens with two attached hydrogens (primary N) is 1. The van der Waals surface area contributed by atoms with E-state index >= 15 is 4.39 Å². The molecule has 0 radical (unpaired) electrons. The van der Waals surface area contributed by atoms with Crippen LogP contribution in [-0.4, -0.2) is 86.6 Å². The van der Waals surface area contributed by atoms with E-state index in [1.165, 1.54) is 25.3 Å². The van der Waals surface area contributed by atoms with Gasteiger partial charge in [0.15, 0.2) is 17.3 Å². The van der Waals surface area contributed by atoms with Gasteiger partial charge in [-0.25, -0.2) is 18.3 Å². The van der Waals surface area contributed by atoms with Crippen LogP contribution in [0.3, 0.4) is 0 Å². The van der Waals surface area contributed by atoms with Crippen molar-refractivity contribution in [1.82, 2.24) is 35.0 Å². The molecule has 10 nitrogen and oxygen atoms in total. The standard InChI is InChI=1S/C33H42F2N8O2/c34-22-18-37-30-28(29(36)40-43(30)20-22)31(44)39-27-19-38-33(10-4-2-1-3-5-11-33)17-25(27)24-7-6-21(16-26(24)35)32(45)42-15-14-41-12-8-23(42)9-13-41/h6-7,16,18,20,23,25,27,38H,1-5,8-15,17,19H2,(H2,36,40)(H,39,44). The van der Waals surface area contributed by atoms with Gasteiger partial charge in [0.2, 0.25) is 0 Å². The molecule has 1 aliphatic carbocycles. The fourth-order valence-electron chi connectivity index (χ4n) is 8.21. The lowest BCUT2D eigenvalue weighted by molar-refractivity contribution is 0.0684. The van der Waals surface area contributed by atoms with E-state index in [1.54, 1.807) is 12.1 Å². The highest BCUT2D eigenvalue weighted by atomic mass is 19.1. The van der Waals surface area contributed by atoms with Crippen LogP contribution in [0.25, 0.3) is 5.65 Å². The number of rotatable bonds is 4. The molecule has 2 aromatic heterocycles. The van der Waals surface area contributed by atoms with E-state index in [1.807, 2.05) is 4.90 Å². The quantitative estimate of drug-likeness (QED) is 0.405. The van der Waals surface area contributed by atoms with E-state index in [-0.39, 0.29) is 40.4 Å². The number of hydrogen-bond donors (Lipinski definition) is 3. The molecule has 2 amide bonds. The molecule has 5 fully saturated rings. The molecule has 4 saturated heterocycles. The average Bonchev–Trinajstić information content (AvgIpc) is 3.13. The van der Waals surface area contributed by atoms with Gasteiger partial charge in [0, 0.05) is 61.8 Å². The van der Waals surface area contributed by atoms with Crippen LogP contribution >= 0.6 is 0 Å². The summed E-state index contributed by atoms with van der Waals surface area (Å²) in [6.07, 6.45) is 12.5. The van der Waals surface area contributed by atoms with Crippen molar-refractivity contribution in [2.45, 2.75) is 87.7 Å². The first-order valence-electron chi connectivity index (χ1n) is 16.5. The van der Waals surface area contributed by atoms with Crippen LogP contribution in [0.4, 0.5) is 14.6 Å². The number of carbonyl (C=O) groups is 2. The topological polar surface area (TPSA) is 121 Å². The number of anilines is 1. The van der Waals surface area contributed by atoms with Gasteiger partial charge in [-0.2, -0.15) is 0 Å². The Morgan fingerprint density at radius 1 is 1.02 bits per heavy atom. The first-order chi connectivity index (χ1) is 21.8. The Balaban J connectivity index is 1.18. The second-order valence-electron chi connectivity index (χ2n) is 13.4. The van der Waals surface area contributed by atoms with Crippen LogP contribution in [0.5, 0.6) is 0 Å². The minimum atomic E-state index is -0.600. The summed E-state index contributed by atoms with van der Waals surface area (Å²) in [6.45, 7) is 3.96. The highest BCUT2D eigenvalue weighted by molar-refractivity contribution is 6.04. The van der Waals surface area contributed by atoms with Crippen LogP contribution in [0, 0.1) is 11.6 Å². The van der Waals surface area contributed by atoms with E-state index in [4.69, 9.17) is 5.73 Å². The van der Waals surface area contributed by atoms with E-state index < -0.39 is 23.6 Å². The molecular weight excluding hydrogens is 578 g/mol. The van der Waals surface area contributed by atoms with Crippen molar-refractivity contribution >= 4 is 23.3 Å². The second-order valence-corrected chi connectivity index (χ2v) is 13.4. The zero-order chi connectivity index (χ0) is 31.1. The number of fused-ring (bicyclic) bond motifs is 5. The predicted molar refractivity (Wildman–Crippen MR) is 166 cm³/mol. The molecule has 2 atom stereocenters. The number of halogens is 2. The van der Waals surface area contributed by atoms with Crippen molar-refractivity contribution in [2.75, 3.05) is 38.5 Å². The number of aromatic nitrogens is 3. The van der Waals surface area contributed by atoms with Gasteiger partial charge < -0.3 is 26.2 Å². The summed E-state index contributed by atoms with van der Waals surface area (Å²) in [5.74, 6) is -2.04. The van der Waals surface area contributed by atoms with Crippen molar-refractivity contribution in [1.29, 1.82) is 0 Å². The summed E-state index contributed by atoms with van der Waals surface area (Å²) in [5, 5.41) is 10.9. The van der Waals surface area contributed by atoms with Gasteiger partial charge in [0.05, 0.1) is 12.4 Å². The second kappa shape index (κ2) is 12.3. The van der Waals surface area contributed by atoms with Crippen LogP contribution in [0.2, 0.25) is 0 Å². The first-order valence-corrected chi connectivity index (χ1v) is 16.5. The Kier molecular flexibility index (Phi) is 8.20. The number of hydrogen-bond acceptors (Lipinski definition) is 7. The zero-order valence-electron chi connectivity index (χ0n) is 25.6. The van der Waals surface area contributed by atoms with E-state index in [2.05, 4.69) is 25.6 Å². The van der Waals surface area contributed by atoms with Crippen LogP contribution in [-0.2, 0) is 0 Å². The average molecular weight is 621 g/mol. The number of carbonyl (C=O) groups excluding carboxylic acids is 2. The summed E-state index contributed by atoms with van der Waals surface area (Å²) in [7, 11) is 0. The minimum Gasteiger partial charge on any atom is -0.381 e. The maximum atomic E-state index is 16.2. The molecule has 3 aromatic rings. The van der Waals surface area contributed by atoms with Gasteiger partial charge in [-0.1, -0.05) is 38.2 Å². The third kappa shape index (κ3) is 5.90. The van der Waals surface area contributed by atoms with Gasteiger partial charge in [0.1, 0.15) is 11.4 Å². The van der Waals surface area contributed by atoms with E-state index in [9.17, 15) is 14.0 Å². The molecule has 1 spiro atoms. The Morgan fingerprint density at radius 3 is 2.53 bits per heavy atom. The number of amides is 2. The summed E-state index contributed by atoms with van der Waals surface area (Å²) >= 11 is 0. The molecule has 2 bridgehead atoms. The summed E-state index contributed by atoms with van der Waals surface area (Å²) in [4.78, 5) is 35.7. The monoisotopic (exact) mass is 620 g/mol. The van der Waals surface area contributed by atoms with Gasteiger partial charge in [-0.15, -0.1) is 5.10 Å². The molecule has 6 heterocycles. The Morgan fingerprint density at radius 2 is 1.78 bits per heavy atom. The molecular formula is C33H42F2N8O2. The lowest BCUT2D eigenvalue weighted by Crippen LogP contribution is -2.60. The maximum Gasteiger partial charge on any atom is 0.259 e. The summed E-state index contributed by atoms with van der Waals surface area (Å²) in [6, 6.07) is 4.63. The van der Waals surface area contributed by atoms with Crippen molar-refractivity contribution in [3.05, 3.63) is 58.9 Å². The lowest BCUT2D eigenvalue weighted by atomic mass is 9.70. The fourth-order valence-corrected chi connectivity index (χ4v) is 8.21. The van der Waals surface area contributed by atoms with Crippen molar-refractivity contribution in [3.63, 3.8) is 0 Å². The molecule has 2 unspecified atom stereocenters. The maximum absolute atomic E-state index is 16.2. The number of benzene rings is 1. The Labute approximate surface area is 261 Å². The van der Waals surface area contributed by atoms with Crippen LogP contribution in [0.1, 0.15) is 96.4 Å². The normalized spacial score (nSPS) is 26.8. The predicted octanol–water partition coefficient (Wildman–Crippen LogP) is 3.87. The number of nitrogens with one attached hydrogen (secondary N) is 2. The van der Waals surface area contributed by atoms with Crippen molar-refractivity contribution in [2.24, 2.45) is 0 Å². The molecule has 240 valence electrons. The van der Waals surface area contributed by atoms with Crippen molar-refractivity contribution in [3.8, 4) is 0 Å². The molecule has 12 heteroatoms. The third-order valence-electron chi connectivity index (χ3n) is 10.7. The largest absolute Gasteiger partial charge is 0.381 e. The summed E-state index contributed by atoms with van der Waals surface area (Å²) in [5.41, 5.74) is 7.01. The molecule has 1 aromatic carbocycles. The number of nitrogens with zero attached hydrogens (tertiary/aromatic N) is 5. The Hall–Kier alpha value is -3.64. The molecule has 5 aliphatic rings. The van der Waals surface area contributed by atoms with Crippen LogP contribution < -0.4 is 16.4 Å². The molecule has 4 N–H and O–H groups in total. The zero-order valence-corrected chi connectivity index (χ0v) is 25.6. The molecule has 45 heavy (non-hydrogen) atoms. The minimum absolute atomic E-state index is 0.0596. The molecule has 8 rings (SSSR count). The van der Waals surface area contributed by atoms with Gasteiger partial charge >= 0.3 is 0 Å². The summed E-state index contributed by atoms with van der Waals surface area (Å²) < 4.78 is 31.2. The number of piperidine rings is 2.